The van der Waals surface area contributed by atoms with E-state index in [1.165, 1.54) is 36.2 Å². The quantitative estimate of drug-likeness (QED) is 0.275. The van der Waals surface area contributed by atoms with E-state index in [4.69, 9.17) is 22.1 Å². The van der Waals surface area contributed by atoms with Crippen LogP contribution in [0.1, 0.15) is 55.7 Å². The molecule has 2 fully saturated rings. The maximum absolute atomic E-state index is 15.2. The topological polar surface area (TPSA) is 150 Å². The summed E-state index contributed by atoms with van der Waals surface area (Å²) in [4.78, 5) is 43.7. The summed E-state index contributed by atoms with van der Waals surface area (Å²) in [6.45, 7) is 1.19. The number of esters is 1. The number of carbonyl (C=O) groups is 3. The molecule has 2 aliphatic rings. The lowest BCUT2D eigenvalue weighted by Gasteiger charge is -2.32. The molecule has 44 heavy (non-hydrogen) atoms. The summed E-state index contributed by atoms with van der Waals surface area (Å²) in [7, 11) is 0. The lowest BCUT2D eigenvalue weighted by molar-refractivity contribution is -0.145. The van der Waals surface area contributed by atoms with E-state index < -0.39 is 41.4 Å². The van der Waals surface area contributed by atoms with Crippen LogP contribution in [0.15, 0.2) is 60.8 Å². The van der Waals surface area contributed by atoms with Crippen molar-refractivity contribution in [3.05, 3.63) is 88.3 Å². The molecule has 0 bridgehead atoms. The highest BCUT2D eigenvalue weighted by atomic mass is 35.5. The third-order valence-corrected chi connectivity index (χ3v) is 8.23. The van der Waals surface area contributed by atoms with Gasteiger partial charge in [-0.05, 0) is 66.3 Å². The number of nitrogens with zero attached hydrogens (tertiary/aromatic N) is 3. The standard InChI is InChI=1S/C32H32ClFN6O4/c1-19(41)44-25-15-28(40(18-25)31(43)39-29-10-8-24(33)17-37-29)30(42)38-27-14-23(7-9-26(27)34)32(36,12-11-20-5-6-20)22-4-2-3-21(13-22)16-35/h2-4,7-10,13-14,17,20,25,28H,5-6,11-12,15,18,36H2,1H3,(H,38,42)(H,37,39,43). The van der Waals surface area contributed by atoms with E-state index in [1.807, 2.05) is 6.07 Å². The Morgan fingerprint density at radius 3 is 2.61 bits per heavy atom. The number of hydrogen-bond acceptors (Lipinski definition) is 7. The molecule has 0 spiro atoms. The second-order valence-corrected chi connectivity index (χ2v) is 11.7. The summed E-state index contributed by atoms with van der Waals surface area (Å²) in [6.07, 6.45) is 4.32. The zero-order valence-corrected chi connectivity index (χ0v) is 24.8. The van der Waals surface area contributed by atoms with Crippen LogP contribution in [-0.4, -0.2) is 46.5 Å². The molecule has 2 heterocycles. The molecule has 1 saturated carbocycles. The minimum Gasteiger partial charge on any atom is -0.461 e. The third kappa shape index (κ3) is 7.15. The second kappa shape index (κ2) is 13.0. The number of aromatic nitrogens is 1. The molecule has 228 valence electrons. The summed E-state index contributed by atoms with van der Waals surface area (Å²) in [6, 6.07) is 14.8. The van der Waals surface area contributed by atoms with Crippen molar-refractivity contribution in [3.63, 3.8) is 0 Å². The number of nitrogens with two attached hydrogens (primary N) is 1. The van der Waals surface area contributed by atoms with Gasteiger partial charge in [-0.15, -0.1) is 0 Å². The predicted octanol–water partition coefficient (Wildman–Crippen LogP) is 5.31. The van der Waals surface area contributed by atoms with Crippen molar-refractivity contribution in [2.45, 2.75) is 56.7 Å². The van der Waals surface area contributed by atoms with Crippen LogP contribution in [-0.2, 0) is 19.9 Å². The molecule has 5 rings (SSSR count). The number of halogens is 2. The maximum Gasteiger partial charge on any atom is 0.323 e. The van der Waals surface area contributed by atoms with Crippen molar-refractivity contribution in [2.24, 2.45) is 11.7 Å². The highest BCUT2D eigenvalue weighted by molar-refractivity contribution is 6.30. The van der Waals surface area contributed by atoms with Gasteiger partial charge in [0.15, 0.2) is 0 Å². The summed E-state index contributed by atoms with van der Waals surface area (Å²) >= 11 is 5.88. The summed E-state index contributed by atoms with van der Waals surface area (Å²) in [5.74, 6) is -1.13. The van der Waals surface area contributed by atoms with E-state index in [9.17, 15) is 19.6 Å². The van der Waals surface area contributed by atoms with Gasteiger partial charge in [0, 0.05) is 19.5 Å². The Morgan fingerprint density at radius 1 is 1.16 bits per heavy atom. The monoisotopic (exact) mass is 618 g/mol. The van der Waals surface area contributed by atoms with Gasteiger partial charge >= 0.3 is 12.0 Å². The number of amides is 3. The molecule has 3 amide bonds. The number of benzene rings is 2. The highest BCUT2D eigenvalue weighted by Gasteiger charge is 2.42. The average molecular weight is 619 g/mol. The minimum absolute atomic E-state index is 0.0113. The number of hydrogen-bond donors (Lipinski definition) is 3. The Kier molecular flexibility index (Phi) is 9.13. The molecule has 1 saturated heterocycles. The Balaban J connectivity index is 1.41. The highest BCUT2D eigenvalue weighted by Crippen LogP contribution is 2.40. The lowest BCUT2D eigenvalue weighted by atomic mass is 9.79. The molecule has 3 aromatic rings. The number of carbonyl (C=O) groups excluding carboxylic acids is 3. The van der Waals surface area contributed by atoms with Crippen LogP contribution >= 0.6 is 11.6 Å². The molecule has 3 unspecified atom stereocenters. The van der Waals surface area contributed by atoms with Gasteiger partial charge in [-0.3, -0.25) is 14.9 Å². The zero-order chi connectivity index (χ0) is 31.4. The number of rotatable bonds is 9. The van der Waals surface area contributed by atoms with Crippen molar-refractivity contribution in [3.8, 4) is 6.07 Å². The normalized spacial score (nSPS) is 19.0. The first-order valence-electron chi connectivity index (χ1n) is 14.3. The van der Waals surface area contributed by atoms with Crippen molar-refractivity contribution >= 4 is 41.0 Å². The number of anilines is 2. The smallest absolute Gasteiger partial charge is 0.323 e. The maximum atomic E-state index is 15.2. The number of nitriles is 1. The van der Waals surface area contributed by atoms with Gasteiger partial charge in [-0.1, -0.05) is 42.6 Å². The van der Waals surface area contributed by atoms with Crippen LogP contribution in [0.3, 0.4) is 0 Å². The summed E-state index contributed by atoms with van der Waals surface area (Å²) in [5, 5.41) is 15.1. The Hall–Kier alpha value is -4.53. The predicted molar refractivity (Wildman–Crippen MR) is 162 cm³/mol. The number of urea groups is 1. The lowest BCUT2D eigenvalue weighted by Crippen LogP contribution is -2.45. The molecule has 3 atom stereocenters. The average Bonchev–Trinajstić information content (AvgIpc) is 3.75. The number of nitrogens with one attached hydrogen (secondary N) is 2. The molecule has 0 radical (unpaired) electrons. The number of likely N-dealkylation sites (tertiary alicyclic amines) is 1. The van der Waals surface area contributed by atoms with Crippen LogP contribution in [0, 0.1) is 23.1 Å². The van der Waals surface area contributed by atoms with Crippen molar-refractivity contribution in [1.29, 1.82) is 5.26 Å². The first kappa shape index (κ1) is 30.9. The van der Waals surface area contributed by atoms with Crippen molar-refractivity contribution < 1.29 is 23.5 Å². The van der Waals surface area contributed by atoms with Crippen molar-refractivity contribution in [2.75, 3.05) is 17.2 Å². The van der Waals surface area contributed by atoms with Crippen molar-refractivity contribution in [1.82, 2.24) is 9.88 Å². The molecular weight excluding hydrogens is 587 g/mol. The van der Waals surface area contributed by atoms with Gasteiger partial charge in [-0.2, -0.15) is 5.26 Å². The SMILES string of the molecule is CC(=O)OC1CC(C(=O)Nc2cc(C(N)(CCC3CC3)c3cccc(C#N)c3)ccc2F)N(C(=O)Nc2ccc(Cl)cn2)C1. The molecule has 12 heteroatoms. The molecular formula is C32H32ClFN6O4. The van der Waals surface area contributed by atoms with E-state index in [0.717, 1.165) is 19.3 Å². The van der Waals surface area contributed by atoms with Crippen LogP contribution < -0.4 is 16.4 Å². The minimum atomic E-state index is -1.08. The molecule has 1 aromatic heterocycles. The number of pyridine rings is 1. The number of ether oxygens (including phenoxy) is 1. The third-order valence-electron chi connectivity index (χ3n) is 8.01. The van der Waals surface area contributed by atoms with Gasteiger partial charge in [0.2, 0.25) is 5.91 Å². The molecule has 2 aromatic carbocycles. The molecule has 1 aliphatic heterocycles. The Labute approximate surface area is 259 Å². The zero-order valence-electron chi connectivity index (χ0n) is 24.1. The fourth-order valence-electron chi connectivity index (χ4n) is 5.50. The van der Waals surface area contributed by atoms with Crippen LogP contribution in [0.2, 0.25) is 5.02 Å². The van der Waals surface area contributed by atoms with Crippen LogP contribution in [0.25, 0.3) is 0 Å². The van der Waals surface area contributed by atoms with Crippen LogP contribution in [0.4, 0.5) is 20.7 Å². The second-order valence-electron chi connectivity index (χ2n) is 11.3. The first-order chi connectivity index (χ1) is 21.0. The van der Waals surface area contributed by atoms with Gasteiger partial charge in [0.05, 0.1) is 34.4 Å². The van der Waals surface area contributed by atoms with Crippen LogP contribution in [0.5, 0.6) is 0 Å². The van der Waals surface area contributed by atoms with E-state index in [2.05, 4.69) is 21.7 Å². The largest absolute Gasteiger partial charge is 0.461 e. The van der Waals surface area contributed by atoms with E-state index in [-0.39, 0.29) is 24.5 Å². The van der Waals surface area contributed by atoms with E-state index in [0.29, 0.717) is 34.1 Å². The van der Waals surface area contributed by atoms with Gasteiger partial charge in [0.1, 0.15) is 23.8 Å². The summed E-state index contributed by atoms with van der Waals surface area (Å²) < 4.78 is 20.5. The van der Waals surface area contributed by atoms with E-state index in [1.54, 1.807) is 30.3 Å². The fourth-order valence-corrected chi connectivity index (χ4v) is 5.61. The summed E-state index contributed by atoms with van der Waals surface area (Å²) in [5.41, 5.74) is 7.62. The molecule has 4 N–H and O–H groups in total. The molecule has 10 nitrogen and oxygen atoms in total. The van der Waals surface area contributed by atoms with Gasteiger partial charge in [0.25, 0.3) is 0 Å². The van der Waals surface area contributed by atoms with E-state index >= 15 is 4.39 Å². The Bertz CT molecular complexity index is 1610. The fraction of sp³-hybridized carbons (Fsp3) is 0.344. The Morgan fingerprint density at radius 2 is 1.93 bits per heavy atom. The molecule has 1 aliphatic carbocycles. The first-order valence-corrected chi connectivity index (χ1v) is 14.7. The van der Waals surface area contributed by atoms with Gasteiger partial charge in [-0.25, -0.2) is 14.2 Å². The van der Waals surface area contributed by atoms with Gasteiger partial charge < -0.3 is 20.7 Å².